The maximum atomic E-state index is 14.1. The van der Waals surface area contributed by atoms with Crippen LogP contribution in [0.15, 0.2) is 48.7 Å². The number of aromatic nitrogens is 3. The molecule has 8 heteroatoms. The zero-order valence-corrected chi connectivity index (χ0v) is 15.8. The van der Waals surface area contributed by atoms with E-state index in [0.717, 1.165) is 6.54 Å². The van der Waals surface area contributed by atoms with E-state index in [4.69, 9.17) is 11.6 Å². The van der Waals surface area contributed by atoms with Gasteiger partial charge in [-0.2, -0.15) is 4.98 Å². The molecule has 0 atom stereocenters. The molecule has 0 saturated carbocycles. The molecule has 140 valence electrons. The minimum absolute atomic E-state index is 0.170. The number of para-hydroxylation sites is 1. The number of likely N-dealkylation sites (N-methyl/N-ethyl adjacent to an activating group) is 1. The van der Waals surface area contributed by atoms with Crippen molar-refractivity contribution in [2.75, 3.05) is 37.8 Å². The van der Waals surface area contributed by atoms with E-state index in [-0.39, 0.29) is 10.7 Å². The summed E-state index contributed by atoms with van der Waals surface area (Å²) in [5.41, 5.74) is 1.48. The first-order chi connectivity index (χ1) is 13.0. The van der Waals surface area contributed by atoms with Crippen LogP contribution in [0.2, 0.25) is 5.02 Å². The highest BCUT2D eigenvalue weighted by atomic mass is 35.5. The molecule has 0 saturated heterocycles. The van der Waals surface area contributed by atoms with E-state index in [2.05, 4.69) is 25.6 Å². The summed E-state index contributed by atoms with van der Waals surface area (Å²) in [4.78, 5) is 15.3. The molecular formula is C19H20ClFN6. The first-order valence-electron chi connectivity index (χ1n) is 8.43. The van der Waals surface area contributed by atoms with Gasteiger partial charge in [0.15, 0.2) is 0 Å². The fraction of sp³-hybridized carbons (Fsp3) is 0.211. The monoisotopic (exact) mass is 386 g/mol. The topological polar surface area (TPSA) is 66.0 Å². The van der Waals surface area contributed by atoms with Crippen LogP contribution >= 0.6 is 11.6 Å². The molecule has 3 rings (SSSR count). The maximum absolute atomic E-state index is 14.1. The van der Waals surface area contributed by atoms with Gasteiger partial charge in [-0.1, -0.05) is 23.7 Å². The van der Waals surface area contributed by atoms with E-state index in [1.165, 1.54) is 6.07 Å². The third-order valence-corrected chi connectivity index (χ3v) is 4.03. The number of pyridine rings is 1. The van der Waals surface area contributed by atoms with Crippen molar-refractivity contribution in [1.82, 2.24) is 19.9 Å². The van der Waals surface area contributed by atoms with Crippen molar-refractivity contribution in [2.24, 2.45) is 0 Å². The largest absolute Gasteiger partial charge is 0.353 e. The van der Waals surface area contributed by atoms with Gasteiger partial charge in [0.1, 0.15) is 11.6 Å². The molecule has 6 nitrogen and oxygen atoms in total. The van der Waals surface area contributed by atoms with Gasteiger partial charge in [-0.3, -0.25) is 4.98 Å². The van der Waals surface area contributed by atoms with Crippen LogP contribution in [0.5, 0.6) is 0 Å². The number of benzene rings is 1. The summed E-state index contributed by atoms with van der Waals surface area (Å²) in [5.74, 6) is 0.391. The molecule has 0 aliphatic rings. The van der Waals surface area contributed by atoms with Crippen LogP contribution in [0.1, 0.15) is 0 Å². The Labute approximate surface area is 162 Å². The Morgan fingerprint density at radius 1 is 1.07 bits per heavy atom. The highest BCUT2D eigenvalue weighted by molar-refractivity contribution is 6.33. The number of anilines is 3. The Hall–Kier alpha value is -2.77. The van der Waals surface area contributed by atoms with Crippen molar-refractivity contribution in [3.8, 4) is 11.4 Å². The fourth-order valence-corrected chi connectivity index (χ4v) is 2.58. The van der Waals surface area contributed by atoms with Crippen molar-refractivity contribution >= 4 is 29.1 Å². The van der Waals surface area contributed by atoms with Crippen LogP contribution in [-0.4, -0.2) is 47.0 Å². The first kappa shape index (κ1) is 19.0. The highest BCUT2D eigenvalue weighted by Gasteiger charge is 2.12. The van der Waals surface area contributed by atoms with Gasteiger partial charge in [0.05, 0.1) is 22.1 Å². The van der Waals surface area contributed by atoms with Gasteiger partial charge in [0, 0.05) is 25.4 Å². The highest BCUT2D eigenvalue weighted by Crippen LogP contribution is 2.29. The number of hydrogen-bond acceptors (Lipinski definition) is 6. The summed E-state index contributed by atoms with van der Waals surface area (Å²) in [6, 6.07) is 11.8. The molecule has 0 amide bonds. The number of hydrogen-bond donors (Lipinski definition) is 2. The molecule has 0 bridgehead atoms. The lowest BCUT2D eigenvalue weighted by atomic mass is 10.2. The average molecular weight is 387 g/mol. The molecule has 0 aliphatic heterocycles. The van der Waals surface area contributed by atoms with Gasteiger partial charge in [-0.25, -0.2) is 9.37 Å². The molecule has 0 radical (unpaired) electrons. The second kappa shape index (κ2) is 8.75. The number of rotatable bonds is 7. The van der Waals surface area contributed by atoms with E-state index in [0.29, 0.717) is 29.7 Å². The summed E-state index contributed by atoms with van der Waals surface area (Å²) in [6.07, 6.45) is 1.69. The minimum Gasteiger partial charge on any atom is -0.353 e. The minimum atomic E-state index is -0.456. The Kier molecular flexibility index (Phi) is 6.16. The average Bonchev–Trinajstić information content (AvgIpc) is 2.65. The summed E-state index contributed by atoms with van der Waals surface area (Å²) < 4.78 is 14.1. The standard InChI is InChI=1S/C19H20ClFN6/c1-27(2)11-10-23-19-24-16(15-8-3-4-9-22-15)12-17(26-19)25-18-13(20)6-5-7-14(18)21/h3-9,12H,10-11H2,1-2H3,(H2,23,24,25,26). The van der Waals surface area contributed by atoms with Gasteiger partial charge in [0.2, 0.25) is 5.95 Å². The van der Waals surface area contributed by atoms with Crippen LogP contribution in [0.3, 0.4) is 0 Å². The third-order valence-electron chi connectivity index (χ3n) is 3.71. The SMILES string of the molecule is CN(C)CCNc1nc(Nc2c(F)cccc2Cl)cc(-c2ccccn2)n1. The number of nitrogens with zero attached hydrogens (tertiary/aromatic N) is 4. The van der Waals surface area contributed by atoms with Crippen LogP contribution in [0, 0.1) is 5.82 Å². The lowest BCUT2D eigenvalue weighted by Crippen LogP contribution is -2.21. The van der Waals surface area contributed by atoms with Gasteiger partial charge in [0.25, 0.3) is 0 Å². The van der Waals surface area contributed by atoms with Crippen molar-refractivity contribution < 1.29 is 4.39 Å². The fourth-order valence-electron chi connectivity index (χ4n) is 2.37. The summed E-state index contributed by atoms with van der Waals surface area (Å²) in [5, 5.41) is 6.41. The first-order valence-corrected chi connectivity index (χ1v) is 8.81. The van der Waals surface area contributed by atoms with Crippen LogP contribution in [0.25, 0.3) is 11.4 Å². The predicted molar refractivity (Wildman–Crippen MR) is 107 cm³/mol. The molecule has 2 heterocycles. The smallest absolute Gasteiger partial charge is 0.225 e. The van der Waals surface area contributed by atoms with E-state index in [1.54, 1.807) is 24.4 Å². The molecule has 2 aromatic heterocycles. The Morgan fingerprint density at radius 2 is 1.93 bits per heavy atom. The zero-order chi connectivity index (χ0) is 19.2. The lowest BCUT2D eigenvalue weighted by Gasteiger charge is -2.14. The van der Waals surface area contributed by atoms with E-state index < -0.39 is 5.82 Å². The molecule has 27 heavy (non-hydrogen) atoms. The van der Waals surface area contributed by atoms with Gasteiger partial charge in [-0.15, -0.1) is 0 Å². The summed E-state index contributed by atoms with van der Waals surface area (Å²) in [6.45, 7) is 1.48. The number of halogens is 2. The molecule has 2 N–H and O–H groups in total. The molecule has 0 fully saturated rings. The number of nitrogens with one attached hydrogen (secondary N) is 2. The van der Waals surface area contributed by atoms with Crippen molar-refractivity contribution in [2.45, 2.75) is 0 Å². The molecule has 0 unspecified atom stereocenters. The second-order valence-electron chi connectivity index (χ2n) is 6.13. The van der Waals surface area contributed by atoms with Crippen LogP contribution in [-0.2, 0) is 0 Å². The molecule has 0 spiro atoms. The molecular weight excluding hydrogens is 367 g/mol. The van der Waals surface area contributed by atoms with Gasteiger partial charge >= 0.3 is 0 Å². The molecule has 3 aromatic rings. The van der Waals surface area contributed by atoms with E-state index >= 15 is 0 Å². The summed E-state index contributed by atoms with van der Waals surface area (Å²) >= 11 is 6.12. The van der Waals surface area contributed by atoms with Crippen molar-refractivity contribution in [3.05, 3.63) is 59.5 Å². The maximum Gasteiger partial charge on any atom is 0.225 e. The molecule has 0 aliphatic carbocycles. The van der Waals surface area contributed by atoms with Crippen LogP contribution in [0.4, 0.5) is 21.8 Å². The zero-order valence-electron chi connectivity index (χ0n) is 15.1. The Bertz CT molecular complexity index is 884. The van der Waals surface area contributed by atoms with E-state index in [9.17, 15) is 4.39 Å². The predicted octanol–water partition coefficient (Wildman–Crippen LogP) is 4.05. The van der Waals surface area contributed by atoms with Crippen molar-refractivity contribution in [3.63, 3.8) is 0 Å². The molecule has 1 aromatic carbocycles. The third kappa shape index (κ3) is 5.12. The Balaban J connectivity index is 1.94. The normalized spacial score (nSPS) is 10.9. The van der Waals surface area contributed by atoms with E-state index in [1.807, 2.05) is 37.2 Å². The Morgan fingerprint density at radius 3 is 2.63 bits per heavy atom. The summed E-state index contributed by atoms with van der Waals surface area (Å²) in [7, 11) is 3.97. The lowest BCUT2D eigenvalue weighted by molar-refractivity contribution is 0.425. The van der Waals surface area contributed by atoms with Gasteiger partial charge in [-0.05, 0) is 38.4 Å². The quantitative estimate of drug-likeness (QED) is 0.638. The second-order valence-corrected chi connectivity index (χ2v) is 6.54. The van der Waals surface area contributed by atoms with Crippen LogP contribution < -0.4 is 10.6 Å². The van der Waals surface area contributed by atoms with Gasteiger partial charge < -0.3 is 15.5 Å². The van der Waals surface area contributed by atoms with Crippen molar-refractivity contribution in [1.29, 1.82) is 0 Å².